The number of aryl methyl sites for hydroxylation is 1. The number of rotatable bonds is 8. The van der Waals surface area contributed by atoms with E-state index in [0.717, 1.165) is 24.7 Å². The van der Waals surface area contributed by atoms with Gasteiger partial charge in [-0.15, -0.1) is 0 Å². The van der Waals surface area contributed by atoms with Gasteiger partial charge in [0, 0.05) is 38.1 Å². The largest absolute Gasteiger partial charge is 0.486 e. The molecule has 0 unspecified atom stereocenters. The predicted molar refractivity (Wildman–Crippen MR) is 101 cm³/mol. The van der Waals surface area contributed by atoms with Gasteiger partial charge in [-0.05, 0) is 44.6 Å². The third-order valence-electron chi connectivity index (χ3n) is 5.48. The lowest BCUT2D eigenvalue weighted by Crippen LogP contribution is -2.49. The summed E-state index contributed by atoms with van der Waals surface area (Å²) < 4.78 is 7.78. The zero-order chi connectivity index (χ0) is 17.7. The Kier molecular flexibility index (Phi) is 5.76. The van der Waals surface area contributed by atoms with Crippen molar-refractivity contribution in [1.29, 1.82) is 0 Å². The monoisotopic (exact) mass is 342 g/mol. The van der Waals surface area contributed by atoms with Crippen LogP contribution in [0.4, 0.5) is 0 Å². The van der Waals surface area contributed by atoms with E-state index in [1.54, 1.807) is 6.20 Å². The molecule has 25 heavy (non-hydrogen) atoms. The molecule has 3 rings (SSSR count). The molecule has 1 aliphatic rings. The molecule has 2 aromatic rings. The quantitative estimate of drug-likeness (QED) is 0.801. The van der Waals surface area contributed by atoms with Gasteiger partial charge in [-0.1, -0.05) is 25.0 Å². The summed E-state index contributed by atoms with van der Waals surface area (Å²) in [4.78, 5) is 6.68. The van der Waals surface area contributed by atoms with Gasteiger partial charge in [0.1, 0.15) is 18.2 Å². The summed E-state index contributed by atoms with van der Waals surface area (Å²) in [5.41, 5.74) is 1.63. The first-order chi connectivity index (χ1) is 12.1. The minimum Gasteiger partial charge on any atom is -0.486 e. The van der Waals surface area contributed by atoms with Crippen molar-refractivity contribution in [1.82, 2.24) is 19.8 Å². The van der Waals surface area contributed by atoms with Gasteiger partial charge in [0.25, 0.3) is 0 Å². The number of hydrogen-bond donors (Lipinski definition) is 1. The second kappa shape index (κ2) is 8.02. The average Bonchev–Trinajstić information content (AvgIpc) is 3.24. The number of nitrogens with zero attached hydrogens (tertiary/aromatic N) is 3. The van der Waals surface area contributed by atoms with Gasteiger partial charge in [0.15, 0.2) is 0 Å². The summed E-state index contributed by atoms with van der Waals surface area (Å²) in [7, 11) is 6.40. The van der Waals surface area contributed by atoms with E-state index in [4.69, 9.17) is 4.74 Å². The van der Waals surface area contributed by atoms with Gasteiger partial charge in [0.05, 0.1) is 0 Å². The van der Waals surface area contributed by atoms with E-state index in [1.807, 2.05) is 29.9 Å². The third-order valence-corrected chi connectivity index (χ3v) is 5.48. The van der Waals surface area contributed by atoms with Crippen molar-refractivity contribution < 1.29 is 4.74 Å². The molecule has 1 aromatic heterocycles. The summed E-state index contributed by atoms with van der Waals surface area (Å²) in [6.07, 6.45) is 9.01. The molecular formula is C20H30N4O. The number of likely N-dealkylation sites (N-methyl/N-ethyl adjacent to an activating group) is 1. The van der Waals surface area contributed by atoms with Crippen LogP contribution in [0.25, 0.3) is 0 Å². The third kappa shape index (κ3) is 4.41. The van der Waals surface area contributed by atoms with Gasteiger partial charge in [-0.3, -0.25) is 0 Å². The van der Waals surface area contributed by atoms with Crippen LogP contribution in [-0.2, 0) is 20.2 Å². The molecule has 1 saturated carbocycles. The Morgan fingerprint density at radius 3 is 2.52 bits per heavy atom. The number of imidazole rings is 1. The van der Waals surface area contributed by atoms with Crippen molar-refractivity contribution in [3.63, 3.8) is 0 Å². The smallest absolute Gasteiger partial charge is 0.146 e. The molecule has 0 radical (unpaired) electrons. The van der Waals surface area contributed by atoms with Crippen molar-refractivity contribution in [3.8, 4) is 5.75 Å². The summed E-state index contributed by atoms with van der Waals surface area (Å²) in [5, 5.41) is 3.65. The molecule has 1 aliphatic carbocycles. The molecule has 5 heteroatoms. The first kappa shape index (κ1) is 18.0. The number of aromatic nitrogens is 2. The highest BCUT2D eigenvalue weighted by Gasteiger charge is 2.35. The Bertz CT molecular complexity index is 657. The zero-order valence-corrected chi connectivity index (χ0v) is 15.7. The number of hydrogen-bond acceptors (Lipinski definition) is 4. The zero-order valence-electron chi connectivity index (χ0n) is 15.7. The lowest BCUT2D eigenvalue weighted by molar-refractivity contribution is 0.153. The first-order valence-corrected chi connectivity index (χ1v) is 9.15. The first-order valence-electron chi connectivity index (χ1n) is 9.15. The van der Waals surface area contributed by atoms with E-state index in [9.17, 15) is 0 Å². The van der Waals surface area contributed by atoms with Crippen molar-refractivity contribution in [2.75, 3.05) is 20.6 Å². The fraction of sp³-hybridized carbons (Fsp3) is 0.550. The van der Waals surface area contributed by atoms with Gasteiger partial charge >= 0.3 is 0 Å². The molecule has 0 saturated heterocycles. The Morgan fingerprint density at radius 1 is 1.20 bits per heavy atom. The van der Waals surface area contributed by atoms with E-state index in [1.165, 1.54) is 31.2 Å². The maximum absolute atomic E-state index is 5.81. The summed E-state index contributed by atoms with van der Waals surface area (Å²) in [6, 6.07) is 8.35. The molecule has 5 nitrogen and oxygen atoms in total. The summed E-state index contributed by atoms with van der Waals surface area (Å²) >= 11 is 0. The number of benzene rings is 1. The molecule has 0 atom stereocenters. The van der Waals surface area contributed by atoms with Crippen LogP contribution in [0.3, 0.4) is 0 Å². The van der Waals surface area contributed by atoms with Crippen molar-refractivity contribution >= 4 is 0 Å². The van der Waals surface area contributed by atoms with Crippen molar-refractivity contribution in [2.24, 2.45) is 7.05 Å². The minimum atomic E-state index is 0.338. The van der Waals surface area contributed by atoms with Crippen molar-refractivity contribution in [2.45, 2.75) is 44.4 Å². The van der Waals surface area contributed by atoms with E-state index in [-0.39, 0.29) is 0 Å². The van der Waals surface area contributed by atoms with Crippen LogP contribution in [-0.4, -0.2) is 40.6 Å². The fourth-order valence-electron chi connectivity index (χ4n) is 3.64. The molecule has 0 aliphatic heterocycles. The van der Waals surface area contributed by atoms with Crippen LogP contribution >= 0.6 is 0 Å². The van der Waals surface area contributed by atoms with Crippen LogP contribution < -0.4 is 10.1 Å². The second-order valence-electron chi connectivity index (χ2n) is 7.32. The summed E-state index contributed by atoms with van der Waals surface area (Å²) in [5.74, 6) is 1.81. The molecule has 1 N–H and O–H groups in total. The van der Waals surface area contributed by atoms with Crippen LogP contribution in [0, 0.1) is 0 Å². The average molecular weight is 342 g/mol. The maximum atomic E-state index is 5.81. The van der Waals surface area contributed by atoms with Crippen LogP contribution in [0.2, 0.25) is 0 Å². The van der Waals surface area contributed by atoms with Crippen LogP contribution in [0.5, 0.6) is 5.75 Å². The Labute approximate surface area is 151 Å². The van der Waals surface area contributed by atoms with Crippen LogP contribution in [0.15, 0.2) is 36.7 Å². The highest BCUT2D eigenvalue weighted by Crippen LogP contribution is 2.33. The van der Waals surface area contributed by atoms with Crippen molar-refractivity contribution in [3.05, 3.63) is 48.0 Å². The standard InChI is InChI=1S/C20H30N4O/c1-23(2)20(10-4-5-11-20)16-21-14-17-6-8-18(9-7-17)25-15-19-22-12-13-24(19)3/h6-9,12-13,21H,4-5,10-11,14-16H2,1-3H3. The molecule has 0 spiro atoms. The number of nitrogens with one attached hydrogen (secondary N) is 1. The molecular weight excluding hydrogens is 312 g/mol. The maximum Gasteiger partial charge on any atom is 0.146 e. The normalized spacial score (nSPS) is 16.5. The lowest BCUT2D eigenvalue weighted by Gasteiger charge is -2.36. The molecule has 1 fully saturated rings. The van der Waals surface area contributed by atoms with E-state index < -0.39 is 0 Å². The predicted octanol–water partition coefficient (Wildman–Crippen LogP) is 2.96. The highest BCUT2D eigenvalue weighted by molar-refractivity contribution is 5.27. The fourth-order valence-corrected chi connectivity index (χ4v) is 3.64. The van der Waals surface area contributed by atoms with E-state index in [2.05, 4.69) is 41.4 Å². The molecule has 136 valence electrons. The molecule has 1 heterocycles. The highest BCUT2D eigenvalue weighted by atomic mass is 16.5. The van der Waals surface area contributed by atoms with E-state index in [0.29, 0.717) is 12.1 Å². The van der Waals surface area contributed by atoms with Gasteiger partial charge in [0.2, 0.25) is 0 Å². The Morgan fingerprint density at radius 2 is 1.92 bits per heavy atom. The SMILES string of the molecule is CN(C)C1(CNCc2ccc(OCc3nccn3C)cc2)CCCC1. The second-order valence-corrected chi connectivity index (χ2v) is 7.32. The Balaban J connectivity index is 1.47. The minimum absolute atomic E-state index is 0.338. The van der Waals surface area contributed by atoms with E-state index >= 15 is 0 Å². The summed E-state index contributed by atoms with van der Waals surface area (Å²) in [6.45, 7) is 2.44. The Hall–Kier alpha value is -1.85. The van der Waals surface area contributed by atoms with Gasteiger partial charge in [-0.25, -0.2) is 4.98 Å². The molecule has 1 aromatic carbocycles. The molecule has 0 bridgehead atoms. The van der Waals surface area contributed by atoms with Gasteiger partial charge < -0.3 is 19.5 Å². The topological polar surface area (TPSA) is 42.3 Å². The van der Waals surface area contributed by atoms with Crippen LogP contribution in [0.1, 0.15) is 37.1 Å². The molecule has 0 amide bonds. The number of ether oxygens (including phenoxy) is 1. The van der Waals surface area contributed by atoms with Gasteiger partial charge in [-0.2, -0.15) is 0 Å². The lowest BCUT2D eigenvalue weighted by atomic mass is 9.96.